The predicted molar refractivity (Wildman–Crippen MR) is 133 cm³/mol. The Labute approximate surface area is 198 Å². The molecule has 0 radical (unpaired) electrons. The van der Waals surface area contributed by atoms with Crippen molar-refractivity contribution < 1.29 is 14.3 Å². The highest BCUT2D eigenvalue weighted by molar-refractivity contribution is 5.86. The maximum Gasteiger partial charge on any atom is 0.252 e. The van der Waals surface area contributed by atoms with E-state index in [1.807, 2.05) is 18.2 Å². The molecule has 1 amide bonds. The van der Waals surface area contributed by atoms with Gasteiger partial charge in [-0.3, -0.25) is 4.79 Å². The molecule has 4 rings (SSSR count). The Hall–Kier alpha value is -2.37. The van der Waals surface area contributed by atoms with E-state index in [0.29, 0.717) is 25.6 Å². The number of nitrogens with zero attached hydrogens (tertiary/aromatic N) is 1. The third kappa shape index (κ3) is 5.77. The number of likely N-dealkylation sites (N-methyl/N-ethyl adjacent to an activating group) is 1. The first-order valence-electron chi connectivity index (χ1n) is 12.5. The largest absolute Gasteiger partial charge is 0.496 e. The summed E-state index contributed by atoms with van der Waals surface area (Å²) in [6.45, 7) is 2.19. The molecule has 0 aromatic heterocycles. The van der Waals surface area contributed by atoms with Crippen LogP contribution in [0.25, 0.3) is 11.1 Å². The second-order valence-electron chi connectivity index (χ2n) is 9.55. The highest BCUT2D eigenvalue weighted by Crippen LogP contribution is 2.34. The van der Waals surface area contributed by atoms with Crippen LogP contribution in [-0.2, 0) is 16.0 Å². The standard InChI is InChI=1S/C28H38N2O3/c1-30(24-12-4-3-5-13-24)18-17-29-27(31)28(16-9-19-33-28)21-22-10-8-11-23(20-22)25-14-6-7-15-26(25)32-2/h6-8,10-11,14-15,20,24H,3-5,9,12-13,16-19,21H2,1-2H3,(H,29,31)/t28-/m1/s1. The molecule has 2 aliphatic rings. The van der Waals surface area contributed by atoms with Gasteiger partial charge in [0.15, 0.2) is 5.60 Å². The van der Waals surface area contributed by atoms with Crippen LogP contribution in [-0.4, -0.2) is 56.3 Å². The van der Waals surface area contributed by atoms with Crippen molar-refractivity contribution in [1.82, 2.24) is 10.2 Å². The molecule has 5 heteroatoms. The maximum absolute atomic E-state index is 13.3. The Morgan fingerprint density at radius 2 is 1.94 bits per heavy atom. The molecule has 1 aliphatic heterocycles. The third-order valence-electron chi connectivity index (χ3n) is 7.30. The van der Waals surface area contributed by atoms with Crippen molar-refractivity contribution in [3.8, 4) is 16.9 Å². The molecule has 0 spiro atoms. The fraction of sp³-hybridized carbons (Fsp3) is 0.536. The van der Waals surface area contributed by atoms with Gasteiger partial charge in [-0.2, -0.15) is 0 Å². The lowest BCUT2D eigenvalue weighted by atomic mass is 9.89. The van der Waals surface area contributed by atoms with Crippen LogP contribution in [0.1, 0.15) is 50.5 Å². The molecule has 2 aromatic rings. The lowest BCUT2D eigenvalue weighted by Gasteiger charge is -2.32. The minimum atomic E-state index is -0.775. The van der Waals surface area contributed by atoms with Gasteiger partial charge in [-0.25, -0.2) is 0 Å². The number of benzene rings is 2. The average molecular weight is 451 g/mol. The number of methoxy groups -OCH3 is 1. The van der Waals surface area contributed by atoms with Gasteiger partial charge >= 0.3 is 0 Å². The molecule has 5 nitrogen and oxygen atoms in total. The van der Waals surface area contributed by atoms with E-state index >= 15 is 0 Å². The lowest BCUT2D eigenvalue weighted by Crippen LogP contribution is -2.50. The summed E-state index contributed by atoms with van der Waals surface area (Å²) in [4.78, 5) is 15.7. The van der Waals surface area contributed by atoms with Crippen LogP contribution in [0.2, 0.25) is 0 Å². The van der Waals surface area contributed by atoms with Gasteiger partial charge in [-0.05, 0) is 49.9 Å². The molecule has 1 heterocycles. The summed E-state index contributed by atoms with van der Waals surface area (Å²) < 4.78 is 11.7. The minimum absolute atomic E-state index is 0.0275. The fourth-order valence-electron chi connectivity index (χ4n) is 5.37. The second-order valence-corrected chi connectivity index (χ2v) is 9.55. The maximum atomic E-state index is 13.3. The number of para-hydroxylation sites is 1. The van der Waals surface area contributed by atoms with Gasteiger partial charge in [0.1, 0.15) is 5.75 Å². The van der Waals surface area contributed by atoms with Crippen molar-refractivity contribution in [2.24, 2.45) is 0 Å². The van der Waals surface area contributed by atoms with Crippen LogP contribution in [0, 0.1) is 0 Å². The van der Waals surface area contributed by atoms with Gasteiger partial charge in [0, 0.05) is 37.7 Å². The van der Waals surface area contributed by atoms with Crippen LogP contribution in [0.3, 0.4) is 0 Å². The molecule has 1 saturated carbocycles. The number of hydrogen-bond donors (Lipinski definition) is 1. The Morgan fingerprint density at radius 3 is 2.70 bits per heavy atom. The van der Waals surface area contributed by atoms with E-state index in [9.17, 15) is 4.79 Å². The highest BCUT2D eigenvalue weighted by atomic mass is 16.5. The number of carbonyl (C=O) groups excluding carboxylic acids is 1. The van der Waals surface area contributed by atoms with E-state index in [1.165, 1.54) is 32.1 Å². The van der Waals surface area contributed by atoms with Crippen LogP contribution in [0.4, 0.5) is 0 Å². The van der Waals surface area contributed by atoms with Gasteiger partial charge in [0.25, 0.3) is 5.91 Å². The zero-order chi connectivity index (χ0) is 23.1. The molecule has 2 fully saturated rings. The first kappa shape index (κ1) is 23.8. The molecular formula is C28H38N2O3. The van der Waals surface area contributed by atoms with Gasteiger partial charge in [-0.15, -0.1) is 0 Å². The molecule has 178 valence electrons. The summed E-state index contributed by atoms with van der Waals surface area (Å²) in [6, 6.07) is 17.1. The minimum Gasteiger partial charge on any atom is -0.496 e. The topological polar surface area (TPSA) is 50.8 Å². The average Bonchev–Trinajstić information content (AvgIpc) is 3.34. The van der Waals surface area contributed by atoms with Gasteiger partial charge in [0.05, 0.1) is 7.11 Å². The number of hydrogen-bond acceptors (Lipinski definition) is 4. The van der Waals surface area contributed by atoms with Crippen molar-refractivity contribution in [1.29, 1.82) is 0 Å². The van der Waals surface area contributed by atoms with Crippen molar-refractivity contribution >= 4 is 5.91 Å². The van der Waals surface area contributed by atoms with Crippen molar-refractivity contribution in [2.45, 2.75) is 63.0 Å². The van der Waals surface area contributed by atoms with E-state index < -0.39 is 5.60 Å². The first-order chi connectivity index (χ1) is 16.1. The summed E-state index contributed by atoms with van der Waals surface area (Å²) in [5, 5.41) is 3.19. The Bertz CT molecular complexity index is 917. The number of ether oxygens (including phenoxy) is 2. The van der Waals surface area contributed by atoms with Gasteiger partial charge in [0.2, 0.25) is 0 Å². The van der Waals surface area contributed by atoms with E-state index in [2.05, 4.69) is 47.6 Å². The van der Waals surface area contributed by atoms with Gasteiger partial charge in [-0.1, -0.05) is 61.7 Å². The smallest absolute Gasteiger partial charge is 0.252 e. The molecular weight excluding hydrogens is 412 g/mol. The summed E-state index contributed by atoms with van der Waals surface area (Å²) in [5.41, 5.74) is 2.48. The van der Waals surface area contributed by atoms with Crippen molar-refractivity contribution in [3.63, 3.8) is 0 Å². The Morgan fingerprint density at radius 1 is 1.12 bits per heavy atom. The van der Waals surface area contributed by atoms with E-state index in [-0.39, 0.29) is 5.91 Å². The number of rotatable bonds is 9. The zero-order valence-electron chi connectivity index (χ0n) is 20.1. The molecule has 1 atom stereocenters. The number of amides is 1. The lowest BCUT2D eigenvalue weighted by molar-refractivity contribution is -0.141. The summed E-state index contributed by atoms with van der Waals surface area (Å²) in [6.07, 6.45) is 8.83. The quantitative estimate of drug-likeness (QED) is 0.594. The second kappa shape index (κ2) is 11.2. The zero-order valence-corrected chi connectivity index (χ0v) is 20.1. The monoisotopic (exact) mass is 450 g/mol. The van der Waals surface area contributed by atoms with Crippen LogP contribution < -0.4 is 10.1 Å². The van der Waals surface area contributed by atoms with E-state index in [4.69, 9.17) is 9.47 Å². The number of nitrogens with one attached hydrogen (secondary N) is 1. The van der Waals surface area contributed by atoms with Crippen LogP contribution in [0.15, 0.2) is 48.5 Å². The summed E-state index contributed by atoms with van der Waals surface area (Å²) >= 11 is 0. The SMILES string of the molecule is COc1ccccc1-c1cccc(C[C@@]2(C(=O)NCCN(C)C3CCCCC3)CCCO2)c1. The summed E-state index contributed by atoms with van der Waals surface area (Å²) in [7, 11) is 3.88. The molecule has 0 bridgehead atoms. The van der Waals surface area contributed by atoms with Crippen LogP contribution in [0.5, 0.6) is 5.75 Å². The fourth-order valence-corrected chi connectivity index (χ4v) is 5.37. The van der Waals surface area contributed by atoms with E-state index in [0.717, 1.165) is 41.8 Å². The molecule has 0 unspecified atom stereocenters. The summed E-state index contributed by atoms with van der Waals surface area (Å²) in [5.74, 6) is 0.876. The Balaban J connectivity index is 1.41. The van der Waals surface area contributed by atoms with Gasteiger partial charge < -0.3 is 19.7 Å². The Kier molecular flexibility index (Phi) is 8.05. The molecule has 1 saturated heterocycles. The first-order valence-corrected chi connectivity index (χ1v) is 12.5. The highest BCUT2D eigenvalue weighted by Gasteiger charge is 2.42. The predicted octanol–water partition coefficient (Wildman–Crippen LogP) is 4.83. The molecule has 1 N–H and O–H groups in total. The third-order valence-corrected chi connectivity index (χ3v) is 7.30. The van der Waals surface area contributed by atoms with Crippen molar-refractivity contribution in [3.05, 3.63) is 54.1 Å². The molecule has 1 aliphatic carbocycles. The number of carbonyl (C=O) groups is 1. The van der Waals surface area contributed by atoms with E-state index in [1.54, 1.807) is 7.11 Å². The van der Waals surface area contributed by atoms with Crippen molar-refractivity contribution in [2.75, 3.05) is 33.9 Å². The normalized spacial score (nSPS) is 21.3. The van der Waals surface area contributed by atoms with Crippen LogP contribution >= 0.6 is 0 Å². The molecule has 33 heavy (non-hydrogen) atoms. The molecule has 2 aromatic carbocycles.